The Morgan fingerprint density at radius 2 is 2.00 bits per heavy atom. The third-order valence-electron chi connectivity index (χ3n) is 1.88. The summed E-state index contributed by atoms with van der Waals surface area (Å²) in [6.45, 7) is 4.21. The molecular weight excluding hydrogens is 144 g/mol. The lowest BCUT2D eigenvalue weighted by Crippen LogP contribution is -2.25. The SMILES string of the molecule is COCCCC1(C)OCCO1. The van der Waals surface area contributed by atoms with E-state index in [-0.39, 0.29) is 5.79 Å². The highest BCUT2D eigenvalue weighted by Crippen LogP contribution is 2.23. The Morgan fingerprint density at radius 3 is 2.55 bits per heavy atom. The molecule has 1 fully saturated rings. The Kier molecular flexibility index (Phi) is 3.30. The first-order valence-corrected chi connectivity index (χ1v) is 4.04. The topological polar surface area (TPSA) is 27.7 Å². The van der Waals surface area contributed by atoms with Crippen molar-refractivity contribution in [2.45, 2.75) is 25.6 Å². The Bertz CT molecular complexity index is 108. The molecule has 1 saturated heterocycles. The van der Waals surface area contributed by atoms with Gasteiger partial charge in [0.15, 0.2) is 5.79 Å². The molecule has 0 amide bonds. The van der Waals surface area contributed by atoms with Crippen LogP contribution < -0.4 is 0 Å². The van der Waals surface area contributed by atoms with E-state index in [0.29, 0.717) is 0 Å². The second-order valence-corrected chi connectivity index (χ2v) is 2.93. The van der Waals surface area contributed by atoms with Crippen molar-refractivity contribution in [2.24, 2.45) is 0 Å². The summed E-state index contributed by atoms with van der Waals surface area (Å²) in [5.41, 5.74) is 0. The molecule has 1 aliphatic rings. The van der Waals surface area contributed by atoms with Gasteiger partial charge in [0.05, 0.1) is 13.2 Å². The first-order chi connectivity index (χ1) is 5.27. The summed E-state index contributed by atoms with van der Waals surface area (Å²) >= 11 is 0. The fourth-order valence-electron chi connectivity index (χ4n) is 1.24. The van der Waals surface area contributed by atoms with Crippen LogP contribution in [0.25, 0.3) is 0 Å². The standard InChI is InChI=1S/C8H16O3/c1-8(4-3-5-9-2)10-6-7-11-8/h3-7H2,1-2H3. The lowest BCUT2D eigenvalue weighted by molar-refractivity contribution is -0.148. The molecule has 11 heavy (non-hydrogen) atoms. The molecular formula is C8H16O3. The van der Waals surface area contributed by atoms with Crippen LogP contribution in [0, 0.1) is 0 Å². The lowest BCUT2D eigenvalue weighted by atomic mass is 10.2. The van der Waals surface area contributed by atoms with Gasteiger partial charge in [0.1, 0.15) is 0 Å². The summed E-state index contributed by atoms with van der Waals surface area (Å²) in [5.74, 6) is -0.335. The maximum atomic E-state index is 5.41. The molecule has 3 nitrogen and oxygen atoms in total. The van der Waals surface area contributed by atoms with Crippen molar-refractivity contribution in [3.63, 3.8) is 0 Å². The number of methoxy groups -OCH3 is 1. The summed E-state index contributed by atoms with van der Waals surface area (Å²) in [6.07, 6.45) is 1.91. The van der Waals surface area contributed by atoms with Crippen molar-refractivity contribution in [3.8, 4) is 0 Å². The van der Waals surface area contributed by atoms with Crippen LogP contribution in [-0.2, 0) is 14.2 Å². The van der Waals surface area contributed by atoms with E-state index in [2.05, 4.69) is 0 Å². The fraction of sp³-hybridized carbons (Fsp3) is 1.00. The minimum absolute atomic E-state index is 0.335. The summed E-state index contributed by atoms with van der Waals surface area (Å²) in [4.78, 5) is 0. The van der Waals surface area contributed by atoms with Gasteiger partial charge < -0.3 is 14.2 Å². The molecule has 0 aromatic carbocycles. The van der Waals surface area contributed by atoms with E-state index >= 15 is 0 Å². The minimum atomic E-state index is -0.335. The van der Waals surface area contributed by atoms with E-state index in [1.54, 1.807) is 7.11 Å². The fourth-order valence-corrected chi connectivity index (χ4v) is 1.24. The van der Waals surface area contributed by atoms with Gasteiger partial charge in [0.2, 0.25) is 0 Å². The van der Waals surface area contributed by atoms with Gasteiger partial charge in [-0.25, -0.2) is 0 Å². The normalized spacial score (nSPS) is 22.4. The van der Waals surface area contributed by atoms with E-state index in [9.17, 15) is 0 Å². The van der Waals surface area contributed by atoms with Crippen molar-refractivity contribution in [3.05, 3.63) is 0 Å². The maximum absolute atomic E-state index is 5.41. The van der Waals surface area contributed by atoms with Crippen LogP contribution in [0.15, 0.2) is 0 Å². The molecule has 0 bridgehead atoms. The predicted molar refractivity (Wildman–Crippen MR) is 41.4 cm³/mol. The number of hydrogen-bond acceptors (Lipinski definition) is 3. The molecule has 0 aromatic heterocycles. The van der Waals surface area contributed by atoms with Crippen LogP contribution in [0.2, 0.25) is 0 Å². The molecule has 1 heterocycles. The van der Waals surface area contributed by atoms with Crippen molar-refractivity contribution in [2.75, 3.05) is 26.9 Å². The quantitative estimate of drug-likeness (QED) is 0.578. The molecule has 0 unspecified atom stereocenters. The molecule has 0 N–H and O–H groups in total. The highest BCUT2D eigenvalue weighted by Gasteiger charge is 2.29. The van der Waals surface area contributed by atoms with Crippen LogP contribution in [0.4, 0.5) is 0 Å². The third-order valence-corrected chi connectivity index (χ3v) is 1.88. The molecule has 0 atom stereocenters. The zero-order valence-electron chi connectivity index (χ0n) is 7.26. The largest absolute Gasteiger partial charge is 0.385 e. The van der Waals surface area contributed by atoms with Crippen LogP contribution in [0.1, 0.15) is 19.8 Å². The summed E-state index contributed by atoms with van der Waals surface area (Å²) in [7, 11) is 1.71. The van der Waals surface area contributed by atoms with Gasteiger partial charge in [-0.15, -0.1) is 0 Å². The van der Waals surface area contributed by atoms with Gasteiger partial charge in [-0.05, 0) is 13.3 Å². The lowest BCUT2D eigenvalue weighted by Gasteiger charge is -2.21. The van der Waals surface area contributed by atoms with Gasteiger partial charge in [-0.3, -0.25) is 0 Å². The third kappa shape index (κ3) is 2.77. The predicted octanol–water partition coefficient (Wildman–Crippen LogP) is 1.18. The Balaban J connectivity index is 2.13. The van der Waals surface area contributed by atoms with Crippen LogP contribution in [0.5, 0.6) is 0 Å². The average Bonchev–Trinajstić information content (AvgIpc) is 2.38. The molecule has 1 aliphatic heterocycles. The van der Waals surface area contributed by atoms with Gasteiger partial charge >= 0.3 is 0 Å². The molecule has 0 radical (unpaired) electrons. The number of rotatable bonds is 4. The maximum Gasteiger partial charge on any atom is 0.165 e. The van der Waals surface area contributed by atoms with Crippen LogP contribution >= 0.6 is 0 Å². The highest BCUT2D eigenvalue weighted by atomic mass is 16.7. The average molecular weight is 160 g/mol. The first kappa shape index (κ1) is 8.97. The zero-order valence-corrected chi connectivity index (χ0v) is 7.26. The second-order valence-electron chi connectivity index (χ2n) is 2.93. The minimum Gasteiger partial charge on any atom is -0.385 e. The second kappa shape index (κ2) is 4.04. The van der Waals surface area contributed by atoms with Crippen LogP contribution in [-0.4, -0.2) is 32.7 Å². The Hall–Kier alpha value is -0.120. The van der Waals surface area contributed by atoms with Crippen molar-refractivity contribution in [1.29, 1.82) is 0 Å². The Morgan fingerprint density at radius 1 is 1.36 bits per heavy atom. The summed E-state index contributed by atoms with van der Waals surface area (Å²) in [5, 5.41) is 0. The molecule has 1 rings (SSSR count). The van der Waals surface area contributed by atoms with Gasteiger partial charge in [-0.1, -0.05) is 0 Å². The van der Waals surface area contributed by atoms with E-state index in [1.807, 2.05) is 6.92 Å². The first-order valence-electron chi connectivity index (χ1n) is 4.04. The Labute approximate surface area is 67.6 Å². The van der Waals surface area contributed by atoms with E-state index in [1.165, 1.54) is 0 Å². The van der Waals surface area contributed by atoms with Gasteiger partial charge in [0, 0.05) is 20.1 Å². The van der Waals surface area contributed by atoms with E-state index in [0.717, 1.165) is 32.7 Å². The van der Waals surface area contributed by atoms with Crippen molar-refractivity contribution in [1.82, 2.24) is 0 Å². The van der Waals surface area contributed by atoms with E-state index in [4.69, 9.17) is 14.2 Å². The van der Waals surface area contributed by atoms with Gasteiger partial charge in [-0.2, -0.15) is 0 Å². The van der Waals surface area contributed by atoms with Crippen LogP contribution in [0.3, 0.4) is 0 Å². The summed E-state index contributed by atoms with van der Waals surface area (Å²) in [6, 6.07) is 0. The molecule has 3 heteroatoms. The summed E-state index contributed by atoms with van der Waals surface area (Å²) < 4.78 is 15.8. The number of ether oxygens (including phenoxy) is 3. The van der Waals surface area contributed by atoms with E-state index < -0.39 is 0 Å². The molecule has 0 aromatic rings. The highest BCUT2D eigenvalue weighted by molar-refractivity contribution is 4.67. The number of hydrogen-bond donors (Lipinski definition) is 0. The van der Waals surface area contributed by atoms with Crippen molar-refractivity contribution < 1.29 is 14.2 Å². The molecule has 66 valence electrons. The van der Waals surface area contributed by atoms with Gasteiger partial charge in [0.25, 0.3) is 0 Å². The monoisotopic (exact) mass is 160 g/mol. The van der Waals surface area contributed by atoms with Crippen molar-refractivity contribution >= 4 is 0 Å². The zero-order chi connectivity index (χ0) is 8.16. The molecule has 0 saturated carbocycles. The molecule has 0 aliphatic carbocycles. The molecule has 0 spiro atoms. The smallest absolute Gasteiger partial charge is 0.165 e.